The lowest BCUT2D eigenvalue weighted by molar-refractivity contribution is 0.694. The van der Waals surface area contributed by atoms with Crippen LogP contribution in [0.2, 0.25) is 0 Å². The Kier molecular flexibility index (Phi) is 3.38. The van der Waals surface area contributed by atoms with E-state index in [-0.39, 0.29) is 0 Å². The van der Waals surface area contributed by atoms with Crippen molar-refractivity contribution in [2.75, 3.05) is 5.73 Å². The van der Waals surface area contributed by atoms with Crippen LogP contribution < -0.4 is 16.9 Å². The predicted octanol–water partition coefficient (Wildman–Crippen LogP) is 0.940. The topological polar surface area (TPSA) is 70.0 Å². The highest BCUT2D eigenvalue weighted by atomic mass is 79.9. The highest BCUT2D eigenvalue weighted by Gasteiger charge is 2.05. The van der Waals surface area contributed by atoms with Gasteiger partial charge in [-0.3, -0.25) is 9.59 Å². The maximum atomic E-state index is 11.8. The number of rotatable bonds is 2. The normalized spacial score (nSPS) is 10.6. The number of hydrogen-bond acceptors (Lipinski definition) is 3. The van der Waals surface area contributed by atoms with Gasteiger partial charge in [-0.25, -0.2) is 0 Å². The van der Waals surface area contributed by atoms with Gasteiger partial charge in [0.2, 0.25) is 0 Å². The van der Waals surface area contributed by atoms with E-state index in [0.29, 0.717) is 12.2 Å². The third kappa shape index (κ3) is 2.38. The zero-order valence-corrected chi connectivity index (χ0v) is 11.3. The van der Waals surface area contributed by atoms with Gasteiger partial charge in [0.25, 0.3) is 0 Å². The van der Waals surface area contributed by atoms with Crippen LogP contribution in [0.15, 0.2) is 44.7 Å². The molecule has 5 nitrogen and oxygen atoms in total. The molecule has 1 aromatic carbocycles. The molecule has 0 radical (unpaired) electrons. The zero-order valence-electron chi connectivity index (χ0n) is 9.76. The quantitative estimate of drug-likeness (QED) is 0.663. The molecule has 2 N–H and O–H groups in total. The molecule has 0 aliphatic heterocycles. The van der Waals surface area contributed by atoms with Crippen molar-refractivity contribution in [2.24, 2.45) is 7.05 Å². The van der Waals surface area contributed by atoms with Crippen molar-refractivity contribution < 1.29 is 0 Å². The largest absolute Gasteiger partial charge is 0.399 e. The first-order valence-electron chi connectivity index (χ1n) is 5.29. The summed E-state index contributed by atoms with van der Waals surface area (Å²) in [4.78, 5) is 23.3. The summed E-state index contributed by atoms with van der Waals surface area (Å²) < 4.78 is 3.45. The van der Waals surface area contributed by atoms with Crippen LogP contribution >= 0.6 is 15.9 Å². The number of nitrogens with two attached hydrogens (primary N) is 1. The standard InChI is InChI=1S/C12H12BrN3O2/c1-15-4-5-16(12(18)11(15)17)7-8-2-3-9(14)6-10(8)13/h2-6H,7,14H2,1H3. The number of nitrogens with zero attached hydrogens (tertiary/aromatic N) is 2. The Bertz CT molecular complexity index is 703. The second-order valence-corrected chi connectivity index (χ2v) is 4.85. The minimum Gasteiger partial charge on any atom is -0.399 e. The van der Waals surface area contributed by atoms with Crippen molar-refractivity contribution in [1.29, 1.82) is 0 Å². The van der Waals surface area contributed by atoms with Gasteiger partial charge in [-0.15, -0.1) is 0 Å². The summed E-state index contributed by atoms with van der Waals surface area (Å²) in [6.07, 6.45) is 3.15. The number of nitrogen functional groups attached to an aromatic ring is 1. The van der Waals surface area contributed by atoms with Gasteiger partial charge in [0.05, 0.1) is 6.54 Å². The van der Waals surface area contributed by atoms with E-state index in [2.05, 4.69) is 15.9 Å². The Hall–Kier alpha value is -1.82. The Balaban J connectivity index is 2.44. The molecule has 18 heavy (non-hydrogen) atoms. The van der Waals surface area contributed by atoms with E-state index in [1.165, 1.54) is 9.13 Å². The summed E-state index contributed by atoms with van der Waals surface area (Å²) >= 11 is 3.38. The second-order valence-electron chi connectivity index (χ2n) is 4.00. The maximum absolute atomic E-state index is 11.8. The first-order chi connectivity index (χ1) is 8.49. The number of hydrogen-bond donors (Lipinski definition) is 1. The Morgan fingerprint density at radius 3 is 2.61 bits per heavy atom. The summed E-state index contributed by atoms with van der Waals surface area (Å²) in [7, 11) is 1.55. The van der Waals surface area contributed by atoms with Gasteiger partial charge in [0, 0.05) is 29.6 Å². The lowest BCUT2D eigenvalue weighted by Crippen LogP contribution is -2.39. The van der Waals surface area contributed by atoms with E-state index >= 15 is 0 Å². The zero-order chi connectivity index (χ0) is 13.3. The predicted molar refractivity (Wildman–Crippen MR) is 73.6 cm³/mol. The van der Waals surface area contributed by atoms with Gasteiger partial charge in [-0.1, -0.05) is 22.0 Å². The van der Waals surface area contributed by atoms with Gasteiger partial charge in [0.1, 0.15) is 0 Å². The van der Waals surface area contributed by atoms with Crippen LogP contribution in [-0.4, -0.2) is 9.13 Å². The summed E-state index contributed by atoms with van der Waals surface area (Å²) in [5.74, 6) is 0. The molecule has 1 heterocycles. The van der Waals surface area contributed by atoms with E-state index < -0.39 is 11.1 Å². The first kappa shape index (κ1) is 12.6. The van der Waals surface area contributed by atoms with Crippen molar-refractivity contribution in [3.63, 3.8) is 0 Å². The molecule has 0 fully saturated rings. The molecule has 2 rings (SSSR count). The fraction of sp³-hybridized carbons (Fsp3) is 0.167. The Morgan fingerprint density at radius 2 is 1.94 bits per heavy atom. The van der Waals surface area contributed by atoms with Gasteiger partial charge < -0.3 is 14.9 Å². The Morgan fingerprint density at radius 1 is 1.22 bits per heavy atom. The van der Waals surface area contributed by atoms with Crippen LogP contribution in [0.5, 0.6) is 0 Å². The molecule has 0 spiro atoms. The molecule has 0 amide bonds. The third-order valence-corrected chi connectivity index (χ3v) is 3.39. The third-order valence-electron chi connectivity index (χ3n) is 2.65. The van der Waals surface area contributed by atoms with Crippen LogP contribution in [0.25, 0.3) is 0 Å². The lowest BCUT2D eigenvalue weighted by Gasteiger charge is -2.08. The monoisotopic (exact) mass is 309 g/mol. The van der Waals surface area contributed by atoms with E-state index in [4.69, 9.17) is 5.73 Å². The van der Waals surface area contributed by atoms with Crippen LogP contribution in [0.4, 0.5) is 5.69 Å². The van der Waals surface area contributed by atoms with Crippen LogP contribution in [0.3, 0.4) is 0 Å². The smallest absolute Gasteiger partial charge is 0.316 e. The number of halogens is 1. The average Bonchev–Trinajstić information content (AvgIpc) is 2.33. The second kappa shape index (κ2) is 4.81. The highest BCUT2D eigenvalue weighted by molar-refractivity contribution is 9.10. The van der Waals surface area contributed by atoms with E-state index in [0.717, 1.165) is 10.0 Å². The summed E-state index contributed by atoms with van der Waals surface area (Å²) in [5.41, 5.74) is 6.10. The van der Waals surface area contributed by atoms with Gasteiger partial charge in [-0.05, 0) is 17.7 Å². The molecule has 0 aliphatic rings. The van der Waals surface area contributed by atoms with E-state index in [9.17, 15) is 9.59 Å². The molecule has 94 valence electrons. The minimum absolute atomic E-state index is 0.329. The Labute approximate surface area is 112 Å². The molecule has 0 saturated carbocycles. The number of aryl methyl sites for hydroxylation is 1. The number of benzene rings is 1. The number of aromatic nitrogens is 2. The molecule has 0 atom stereocenters. The summed E-state index contributed by atoms with van der Waals surface area (Å²) in [6, 6.07) is 5.34. The van der Waals surface area contributed by atoms with Crippen molar-refractivity contribution in [2.45, 2.75) is 6.54 Å². The molecule has 6 heteroatoms. The van der Waals surface area contributed by atoms with Gasteiger partial charge in [-0.2, -0.15) is 0 Å². The van der Waals surface area contributed by atoms with Crippen molar-refractivity contribution in [1.82, 2.24) is 9.13 Å². The summed E-state index contributed by atoms with van der Waals surface area (Å²) in [5, 5.41) is 0. The SMILES string of the molecule is Cn1ccn(Cc2ccc(N)cc2Br)c(=O)c1=O. The molecule has 0 bridgehead atoms. The van der Waals surface area contributed by atoms with Crippen molar-refractivity contribution in [3.8, 4) is 0 Å². The van der Waals surface area contributed by atoms with Gasteiger partial charge in [0.15, 0.2) is 0 Å². The molecular formula is C12H12BrN3O2. The fourth-order valence-electron chi connectivity index (χ4n) is 1.59. The van der Waals surface area contributed by atoms with Crippen LogP contribution in [0, 0.1) is 0 Å². The van der Waals surface area contributed by atoms with E-state index in [1.807, 2.05) is 6.07 Å². The van der Waals surface area contributed by atoms with Crippen LogP contribution in [0.1, 0.15) is 5.56 Å². The fourth-order valence-corrected chi connectivity index (χ4v) is 2.11. The average molecular weight is 310 g/mol. The van der Waals surface area contributed by atoms with Gasteiger partial charge >= 0.3 is 11.1 Å². The highest BCUT2D eigenvalue weighted by Crippen LogP contribution is 2.20. The molecule has 2 aromatic rings. The minimum atomic E-state index is -0.538. The molecule has 1 aromatic heterocycles. The molecule has 0 saturated heterocycles. The van der Waals surface area contributed by atoms with Crippen LogP contribution in [-0.2, 0) is 13.6 Å². The van der Waals surface area contributed by atoms with E-state index in [1.54, 1.807) is 31.6 Å². The molecule has 0 unspecified atom stereocenters. The molecule has 0 aliphatic carbocycles. The molecular weight excluding hydrogens is 298 g/mol. The number of anilines is 1. The van der Waals surface area contributed by atoms with Crippen molar-refractivity contribution in [3.05, 3.63) is 61.3 Å². The maximum Gasteiger partial charge on any atom is 0.316 e. The first-order valence-corrected chi connectivity index (χ1v) is 6.08. The van der Waals surface area contributed by atoms with Crippen molar-refractivity contribution >= 4 is 21.6 Å². The summed E-state index contributed by atoms with van der Waals surface area (Å²) in [6.45, 7) is 0.329. The lowest BCUT2D eigenvalue weighted by atomic mass is 10.2.